The molecule has 0 aromatic heterocycles. The number of carbonyl (C=O) groups excluding carboxylic acids is 1. The fourth-order valence-corrected chi connectivity index (χ4v) is 0.633. The van der Waals surface area contributed by atoms with Gasteiger partial charge in [-0.1, -0.05) is 13.3 Å². The van der Waals surface area contributed by atoms with Crippen molar-refractivity contribution in [1.82, 2.24) is 0 Å². The van der Waals surface area contributed by atoms with E-state index in [0.29, 0.717) is 6.42 Å². The van der Waals surface area contributed by atoms with E-state index in [1.165, 1.54) is 0 Å². The molecule has 64 valence electrons. The summed E-state index contributed by atoms with van der Waals surface area (Å²) < 4.78 is 0. The van der Waals surface area contributed by atoms with Crippen LogP contribution in [0.2, 0.25) is 0 Å². The van der Waals surface area contributed by atoms with E-state index in [9.17, 15) is 9.59 Å². The molecule has 0 spiro atoms. The van der Waals surface area contributed by atoms with Gasteiger partial charge in [-0.15, -0.1) is 0 Å². The maximum absolute atomic E-state index is 10.5. The van der Waals surface area contributed by atoms with Crippen molar-refractivity contribution in [2.75, 3.05) is 0 Å². The third-order valence-corrected chi connectivity index (χ3v) is 1.16. The van der Waals surface area contributed by atoms with Crippen molar-refractivity contribution in [2.24, 2.45) is 0 Å². The summed E-state index contributed by atoms with van der Waals surface area (Å²) in [5.74, 6) is -6.12. The van der Waals surface area contributed by atoms with Crippen LogP contribution >= 0.6 is 0 Å². The van der Waals surface area contributed by atoms with Crippen LogP contribution in [0.3, 0.4) is 0 Å². The molecular weight excluding hydrogens is 152 g/mol. The monoisotopic (exact) mass is 162 g/mol. The maximum Gasteiger partial charge on any atom is 0.378 e. The molecule has 0 saturated carbocycles. The molecule has 0 heterocycles. The summed E-state index contributed by atoms with van der Waals surface area (Å²) in [6.45, 7) is 1.61. The van der Waals surface area contributed by atoms with Gasteiger partial charge in [0.05, 0.1) is 0 Å². The van der Waals surface area contributed by atoms with Gasteiger partial charge < -0.3 is 15.3 Å². The molecule has 5 nitrogen and oxygen atoms in total. The number of hydrogen-bond acceptors (Lipinski definition) is 4. The molecule has 0 rings (SSSR count). The van der Waals surface area contributed by atoms with Gasteiger partial charge in [0.2, 0.25) is 5.79 Å². The topological polar surface area (TPSA) is 94.8 Å². The first-order valence-corrected chi connectivity index (χ1v) is 3.14. The number of ketones is 1. The van der Waals surface area contributed by atoms with Gasteiger partial charge in [0.25, 0.3) is 5.78 Å². The molecule has 0 amide bonds. The number of aliphatic carboxylic acids is 1. The average molecular weight is 162 g/mol. The first-order valence-electron chi connectivity index (χ1n) is 3.14. The quantitative estimate of drug-likeness (QED) is 0.368. The molecule has 0 aliphatic carbocycles. The molecule has 0 aromatic carbocycles. The first kappa shape index (κ1) is 10.1. The third-order valence-electron chi connectivity index (χ3n) is 1.16. The van der Waals surface area contributed by atoms with Gasteiger partial charge in [-0.05, 0) is 0 Å². The lowest BCUT2D eigenvalue weighted by Gasteiger charge is -2.15. The second kappa shape index (κ2) is 3.45. The first-order chi connectivity index (χ1) is 4.91. The van der Waals surface area contributed by atoms with Crippen LogP contribution in [0, 0.1) is 0 Å². The second-order valence-electron chi connectivity index (χ2n) is 2.20. The van der Waals surface area contributed by atoms with Crippen LogP contribution in [0.25, 0.3) is 0 Å². The van der Waals surface area contributed by atoms with E-state index in [1.807, 2.05) is 0 Å². The van der Waals surface area contributed by atoms with Crippen molar-refractivity contribution < 1.29 is 24.9 Å². The Morgan fingerprint density at radius 2 is 1.82 bits per heavy atom. The van der Waals surface area contributed by atoms with Gasteiger partial charge in [0.1, 0.15) is 0 Å². The predicted molar refractivity (Wildman–Crippen MR) is 34.7 cm³/mol. The van der Waals surface area contributed by atoms with Crippen molar-refractivity contribution in [2.45, 2.75) is 25.6 Å². The normalized spacial score (nSPS) is 11.2. The van der Waals surface area contributed by atoms with Crippen molar-refractivity contribution >= 4 is 11.8 Å². The summed E-state index contributed by atoms with van der Waals surface area (Å²) in [6.07, 6.45) is 0.0597. The highest BCUT2D eigenvalue weighted by molar-refractivity contribution is 6.35. The zero-order valence-corrected chi connectivity index (χ0v) is 6.07. The van der Waals surface area contributed by atoms with E-state index in [4.69, 9.17) is 15.3 Å². The molecule has 0 bridgehead atoms. The van der Waals surface area contributed by atoms with Gasteiger partial charge in [-0.3, -0.25) is 4.79 Å². The Hall–Kier alpha value is -0.940. The summed E-state index contributed by atoms with van der Waals surface area (Å²) in [6, 6.07) is 0. The highest BCUT2D eigenvalue weighted by atomic mass is 16.5. The number of rotatable bonds is 4. The minimum Gasteiger partial charge on any atom is -0.475 e. The number of carbonyl (C=O) groups is 2. The molecule has 0 unspecified atom stereocenters. The maximum atomic E-state index is 10.5. The van der Waals surface area contributed by atoms with Crippen LogP contribution in [-0.4, -0.2) is 32.9 Å². The number of carboxylic acids is 1. The lowest BCUT2D eigenvalue weighted by molar-refractivity contribution is -0.191. The lowest BCUT2D eigenvalue weighted by Crippen LogP contribution is -2.42. The van der Waals surface area contributed by atoms with E-state index < -0.39 is 17.5 Å². The van der Waals surface area contributed by atoms with Crippen LogP contribution in [0.4, 0.5) is 0 Å². The Morgan fingerprint density at radius 1 is 1.36 bits per heavy atom. The van der Waals surface area contributed by atoms with Gasteiger partial charge in [0, 0.05) is 6.42 Å². The Bertz CT molecular complexity index is 172. The van der Waals surface area contributed by atoms with E-state index in [1.54, 1.807) is 6.92 Å². The van der Waals surface area contributed by atoms with Gasteiger partial charge in [0.15, 0.2) is 0 Å². The zero-order valence-electron chi connectivity index (χ0n) is 6.07. The summed E-state index contributed by atoms with van der Waals surface area (Å²) >= 11 is 0. The van der Waals surface area contributed by atoms with Crippen LogP contribution in [0.15, 0.2) is 0 Å². The van der Waals surface area contributed by atoms with Gasteiger partial charge in [-0.25, -0.2) is 4.79 Å². The van der Waals surface area contributed by atoms with Crippen molar-refractivity contribution in [1.29, 1.82) is 0 Å². The fourth-order valence-electron chi connectivity index (χ4n) is 0.633. The summed E-state index contributed by atoms with van der Waals surface area (Å²) in [4.78, 5) is 20.4. The van der Waals surface area contributed by atoms with E-state index in [-0.39, 0.29) is 6.42 Å². The van der Waals surface area contributed by atoms with Crippen molar-refractivity contribution in [3.8, 4) is 0 Å². The van der Waals surface area contributed by atoms with E-state index >= 15 is 0 Å². The molecular formula is C6H10O5. The molecule has 0 aliphatic heterocycles. The number of carboxylic acid groups (broad SMARTS) is 1. The number of aliphatic hydroxyl groups is 2. The Kier molecular flexibility index (Phi) is 3.16. The van der Waals surface area contributed by atoms with Crippen molar-refractivity contribution in [3.63, 3.8) is 0 Å². The minimum atomic E-state index is -2.71. The van der Waals surface area contributed by atoms with Gasteiger partial charge in [-0.2, -0.15) is 0 Å². The van der Waals surface area contributed by atoms with Gasteiger partial charge >= 0.3 is 5.97 Å². The molecule has 5 heteroatoms. The van der Waals surface area contributed by atoms with Crippen molar-refractivity contribution in [3.05, 3.63) is 0 Å². The molecule has 0 aromatic rings. The summed E-state index contributed by atoms with van der Waals surface area (Å²) in [5, 5.41) is 25.6. The number of Topliss-reactive ketones (excluding diaryl/α,β-unsaturated/α-hetero) is 1. The predicted octanol–water partition coefficient (Wildman–Crippen LogP) is -0.879. The summed E-state index contributed by atoms with van der Waals surface area (Å²) in [5.41, 5.74) is 0. The highest BCUT2D eigenvalue weighted by Crippen LogP contribution is 2.09. The van der Waals surface area contributed by atoms with E-state index in [0.717, 1.165) is 0 Å². The molecule has 0 aliphatic rings. The number of hydrogen-bond donors (Lipinski definition) is 3. The standard InChI is InChI=1S/C6H10O5/c1-2-3-6(10,11)4(7)5(8)9/h10-11H,2-3H2,1H3,(H,8,9). The summed E-state index contributed by atoms with van der Waals surface area (Å²) in [7, 11) is 0. The molecule has 11 heavy (non-hydrogen) atoms. The van der Waals surface area contributed by atoms with Crippen LogP contribution in [0.5, 0.6) is 0 Å². The second-order valence-corrected chi connectivity index (χ2v) is 2.20. The van der Waals surface area contributed by atoms with Crippen LogP contribution < -0.4 is 0 Å². The smallest absolute Gasteiger partial charge is 0.378 e. The molecule has 3 N–H and O–H groups in total. The SMILES string of the molecule is CCCC(O)(O)C(=O)C(=O)O. The molecule has 0 atom stereocenters. The molecule has 0 saturated heterocycles. The highest BCUT2D eigenvalue weighted by Gasteiger charge is 2.36. The lowest BCUT2D eigenvalue weighted by atomic mass is 10.1. The van der Waals surface area contributed by atoms with Crippen LogP contribution in [-0.2, 0) is 9.59 Å². The Balaban J connectivity index is 4.29. The molecule has 0 fully saturated rings. The van der Waals surface area contributed by atoms with Crippen LogP contribution in [0.1, 0.15) is 19.8 Å². The third kappa shape index (κ3) is 2.65. The minimum absolute atomic E-state index is 0.266. The molecule has 0 radical (unpaired) electrons. The average Bonchev–Trinajstić information content (AvgIpc) is 1.86. The van der Waals surface area contributed by atoms with E-state index in [2.05, 4.69) is 0 Å². The zero-order chi connectivity index (χ0) is 9.07. The Morgan fingerprint density at radius 3 is 2.09 bits per heavy atom. The fraction of sp³-hybridized carbons (Fsp3) is 0.667. The Labute approximate surface area is 63.3 Å². The largest absolute Gasteiger partial charge is 0.475 e.